The van der Waals surface area contributed by atoms with Crippen LogP contribution in [-0.2, 0) is 6.42 Å². The van der Waals surface area contributed by atoms with Gasteiger partial charge >= 0.3 is 0 Å². The zero-order valence-electron chi connectivity index (χ0n) is 8.11. The SMILES string of the molecule is C=CCc1ncccc1C1=CC=CC1. The molecule has 0 spiro atoms. The molecule has 70 valence electrons. The Balaban J connectivity index is 2.36. The molecule has 0 saturated carbocycles. The van der Waals surface area contributed by atoms with Crippen LogP contribution < -0.4 is 0 Å². The van der Waals surface area contributed by atoms with Crippen LogP contribution in [0.3, 0.4) is 0 Å². The Labute approximate surface area is 84.5 Å². The van der Waals surface area contributed by atoms with Gasteiger partial charge in [0.1, 0.15) is 0 Å². The van der Waals surface area contributed by atoms with E-state index in [2.05, 4.69) is 35.9 Å². The molecule has 0 aromatic carbocycles. The Hall–Kier alpha value is -1.63. The summed E-state index contributed by atoms with van der Waals surface area (Å²) in [6.07, 6.45) is 12.0. The van der Waals surface area contributed by atoms with Gasteiger partial charge in [0.25, 0.3) is 0 Å². The van der Waals surface area contributed by atoms with Crippen LogP contribution in [0.2, 0.25) is 0 Å². The van der Waals surface area contributed by atoms with Gasteiger partial charge in [-0.25, -0.2) is 0 Å². The maximum atomic E-state index is 4.37. The molecule has 1 aliphatic rings. The number of nitrogens with zero attached hydrogens (tertiary/aromatic N) is 1. The standard InChI is InChI=1S/C13H13N/c1-2-6-13-12(9-5-10-14-13)11-7-3-4-8-11/h2-5,7,9-10H,1,6,8H2. The molecule has 1 aromatic heterocycles. The molecule has 0 unspecified atom stereocenters. The van der Waals surface area contributed by atoms with Gasteiger partial charge < -0.3 is 0 Å². The zero-order chi connectivity index (χ0) is 9.80. The molecule has 1 nitrogen and oxygen atoms in total. The van der Waals surface area contributed by atoms with Crippen molar-refractivity contribution in [1.82, 2.24) is 4.98 Å². The smallest absolute Gasteiger partial charge is 0.0516 e. The summed E-state index contributed by atoms with van der Waals surface area (Å²) >= 11 is 0. The van der Waals surface area contributed by atoms with E-state index in [1.54, 1.807) is 0 Å². The van der Waals surface area contributed by atoms with Gasteiger partial charge in [-0.3, -0.25) is 4.98 Å². The molecule has 0 aliphatic heterocycles. The summed E-state index contributed by atoms with van der Waals surface area (Å²) in [5.41, 5.74) is 3.74. The monoisotopic (exact) mass is 183 g/mol. The Kier molecular flexibility index (Phi) is 2.59. The summed E-state index contributed by atoms with van der Waals surface area (Å²) in [4.78, 5) is 4.37. The molecule has 0 saturated heterocycles. The minimum absolute atomic E-state index is 0.841. The number of hydrogen-bond acceptors (Lipinski definition) is 1. The first-order valence-corrected chi connectivity index (χ1v) is 4.82. The van der Waals surface area contributed by atoms with Crippen LogP contribution in [-0.4, -0.2) is 4.98 Å². The van der Waals surface area contributed by atoms with Crippen LogP contribution in [0.4, 0.5) is 0 Å². The van der Waals surface area contributed by atoms with Gasteiger partial charge in [-0.05, 0) is 23.6 Å². The lowest BCUT2D eigenvalue weighted by Crippen LogP contribution is -1.94. The predicted molar refractivity (Wildman–Crippen MR) is 59.9 cm³/mol. The molecular formula is C13H13N. The first-order valence-electron chi connectivity index (χ1n) is 4.82. The Morgan fingerprint density at radius 1 is 1.50 bits per heavy atom. The molecule has 2 rings (SSSR count). The topological polar surface area (TPSA) is 12.9 Å². The van der Waals surface area contributed by atoms with E-state index < -0.39 is 0 Å². The summed E-state index contributed by atoms with van der Waals surface area (Å²) in [6, 6.07) is 4.12. The van der Waals surface area contributed by atoms with Crippen LogP contribution in [0.25, 0.3) is 5.57 Å². The average Bonchev–Trinajstić information content (AvgIpc) is 2.72. The maximum Gasteiger partial charge on any atom is 0.0516 e. The number of rotatable bonds is 3. The van der Waals surface area contributed by atoms with E-state index in [0.29, 0.717) is 0 Å². The molecule has 1 aliphatic carbocycles. The zero-order valence-corrected chi connectivity index (χ0v) is 8.11. The minimum Gasteiger partial charge on any atom is -0.260 e. The molecule has 0 bridgehead atoms. The second-order valence-corrected chi connectivity index (χ2v) is 3.31. The van der Waals surface area contributed by atoms with Crippen molar-refractivity contribution in [3.05, 3.63) is 60.5 Å². The van der Waals surface area contributed by atoms with Gasteiger partial charge in [0.2, 0.25) is 0 Å². The van der Waals surface area contributed by atoms with E-state index in [9.17, 15) is 0 Å². The Morgan fingerprint density at radius 2 is 2.43 bits per heavy atom. The summed E-state index contributed by atoms with van der Waals surface area (Å²) in [6.45, 7) is 3.75. The van der Waals surface area contributed by atoms with E-state index in [1.165, 1.54) is 11.1 Å². The molecular weight excluding hydrogens is 170 g/mol. The third kappa shape index (κ3) is 1.67. The number of allylic oxidation sites excluding steroid dienone is 5. The van der Waals surface area contributed by atoms with E-state index in [-0.39, 0.29) is 0 Å². The third-order valence-electron chi connectivity index (χ3n) is 2.35. The van der Waals surface area contributed by atoms with Crippen LogP contribution in [0.5, 0.6) is 0 Å². The number of pyridine rings is 1. The highest BCUT2D eigenvalue weighted by atomic mass is 14.7. The number of hydrogen-bond donors (Lipinski definition) is 0. The summed E-state index contributed by atoms with van der Waals surface area (Å²) in [7, 11) is 0. The molecule has 1 heterocycles. The molecule has 0 atom stereocenters. The average molecular weight is 183 g/mol. The van der Waals surface area contributed by atoms with Gasteiger partial charge in [-0.15, -0.1) is 6.58 Å². The molecule has 14 heavy (non-hydrogen) atoms. The molecule has 0 radical (unpaired) electrons. The molecule has 1 heteroatoms. The fraction of sp³-hybridized carbons (Fsp3) is 0.154. The lowest BCUT2D eigenvalue weighted by Gasteiger charge is -2.06. The lowest BCUT2D eigenvalue weighted by atomic mass is 10.0. The quantitative estimate of drug-likeness (QED) is 0.656. The van der Waals surface area contributed by atoms with Gasteiger partial charge in [-0.2, -0.15) is 0 Å². The van der Waals surface area contributed by atoms with Crippen molar-refractivity contribution in [2.75, 3.05) is 0 Å². The fourth-order valence-electron chi connectivity index (χ4n) is 1.68. The summed E-state index contributed by atoms with van der Waals surface area (Å²) in [5, 5.41) is 0. The molecule has 1 aromatic rings. The van der Waals surface area contributed by atoms with E-state index >= 15 is 0 Å². The highest BCUT2D eigenvalue weighted by Crippen LogP contribution is 2.25. The predicted octanol–water partition coefficient (Wildman–Crippen LogP) is 3.15. The first kappa shape index (κ1) is 8.95. The Morgan fingerprint density at radius 3 is 3.14 bits per heavy atom. The largest absolute Gasteiger partial charge is 0.260 e. The first-order chi connectivity index (χ1) is 6.92. The van der Waals surface area contributed by atoms with Crippen molar-refractivity contribution in [3.8, 4) is 0 Å². The van der Waals surface area contributed by atoms with E-state index in [1.807, 2.05) is 18.3 Å². The van der Waals surface area contributed by atoms with Gasteiger partial charge in [0, 0.05) is 12.6 Å². The molecule has 0 amide bonds. The van der Waals surface area contributed by atoms with Crippen LogP contribution in [0, 0.1) is 0 Å². The fourth-order valence-corrected chi connectivity index (χ4v) is 1.68. The van der Waals surface area contributed by atoms with Gasteiger partial charge in [0.05, 0.1) is 5.69 Å². The number of aromatic nitrogens is 1. The molecule has 0 N–H and O–H groups in total. The normalized spacial score (nSPS) is 14.1. The third-order valence-corrected chi connectivity index (χ3v) is 2.35. The second kappa shape index (κ2) is 4.05. The highest BCUT2D eigenvalue weighted by molar-refractivity contribution is 5.72. The summed E-state index contributed by atoms with van der Waals surface area (Å²) < 4.78 is 0. The second-order valence-electron chi connectivity index (χ2n) is 3.31. The van der Waals surface area contributed by atoms with Crippen molar-refractivity contribution in [1.29, 1.82) is 0 Å². The molecule has 0 fully saturated rings. The van der Waals surface area contributed by atoms with E-state index in [4.69, 9.17) is 0 Å². The van der Waals surface area contributed by atoms with Crippen molar-refractivity contribution in [2.45, 2.75) is 12.8 Å². The van der Waals surface area contributed by atoms with Crippen molar-refractivity contribution in [3.63, 3.8) is 0 Å². The van der Waals surface area contributed by atoms with Crippen LogP contribution in [0.1, 0.15) is 17.7 Å². The highest BCUT2D eigenvalue weighted by Gasteiger charge is 2.07. The maximum absolute atomic E-state index is 4.37. The van der Waals surface area contributed by atoms with Gasteiger partial charge in [-0.1, -0.05) is 30.4 Å². The minimum atomic E-state index is 0.841. The lowest BCUT2D eigenvalue weighted by molar-refractivity contribution is 1.09. The van der Waals surface area contributed by atoms with Crippen molar-refractivity contribution < 1.29 is 0 Å². The van der Waals surface area contributed by atoms with Crippen LogP contribution >= 0.6 is 0 Å². The summed E-state index contributed by atoms with van der Waals surface area (Å²) in [5.74, 6) is 0. The van der Waals surface area contributed by atoms with Crippen molar-refractivity contribution >= 4 is 5.57 Å². The van der Waals surface area contributed by atoms with Crippen molar-refractivity contribution in [2.24, 2.45) is 0 Å². The van der Waals surface area contributed by atoms with Gasteiger partial charge in [0.15, 0.2) is 0 Å². The van der Waals surface area contributed by atoms with Crippen LogP contribution in [0.15, 0.2) is 49.2 Å². The van der Waals surface area contributed by atoms with E-state index in [0.717, 1.165) is 18.5 Å². The Bertz CT molecular complexity index is 399.